The summed E-state index contributed by atoms with van der Waals surface area (Å²) in [5, 5.41) is 10.3. The number of rotatable bonds is 2. The van der Waals surface area contributed by atoms with Crippen molar-refractivity contribution in [3.63, 3.8) is 0 Å². The van der Waals surface area contributed by atoms with E-state index in [4.69, 9.17) is 9.47 Å². The van der Waals surface area contributed by atoms with Gasteiger partial charge < -0.3 is 19.5 Å². The number of aliphatic hydroxyl groups excluding tert-OH is 1. The number of benzene rings is 2. The number of amidine groups is 1. The Morgan fingerprint density at radius 3 is 2.68 bits per heavy atom. The molecular weight excluding hydrogens is 359 g/mol. The average Bonchev–Trinajstić information content (AvgIpc) is 3.26. The van der Waals surface area contributed by atoms with E-state index >= 15 is 0 Å². The number of likely N-dealkylation sites (tertiary alicyclic amines) is 1. The second-order valence-electron chi connectivity index (χ2n) is 7.72. The summed E-state index contributed by atoms with van der Waals surface area (Å²) in [6.45, 7) is 1.76. The molecule has 6 heteroatoms. The third-order valence-corrected chi connectivity index (χ3v) is 6.01. The van der Waals surface area contributed by atoms with Crippen LogP contribution < -0.4 is 0 Å². The van der Waals surface area contributed by atoms with Gasteiger partial charge in [0.25, 0.3) is 6.02 Å². The fourth-order valence-electron chi connectivity index (χ4n) is 4.51. The zero-order valence-corrected chi connectivity index (χ0v) is 15.6. The monoisotopic (exact) mass is 382 g/mol. The lowest BCUT2D eigenvalue weighted by Crippen LogP contribution is -2.46. The van der Waals surface area contributed by atoms with Gasteiger partial charge >= 0.3 is 0 Å². The number of aliphatic imine (C=N–C) groups is 1. The fourth-order valence-corrected chi connectivity index (χ4v) is 4.51. The van der Waals surface area contributed by atoms with E-state index in [1.54, 1.807) is 6.07 Å². The van der Waals surface area contributed by atoms with E-state index in [2.05, 4.69) is 4.99 Å². The van der Waals surface area contributed by atoms with Gasteiger partial charge in [-0.2, -0.15) is 4.99 Å². The van der Waals surface area contributed by atoms with Gasteiger partial charge in [-0.05, 0) is 30.0 Å². The van der Waals surface area contributed by atoms with Crippen molar-refractivity contribution in [2.75, 3.05) is 13.1 Å². The molecule has 1 saturated heterocycles. The summed E-state index contributed by atoms with van der Waals surface area (Å²) in [6, 6.07) is 15.6. The molecule has 3 aliphatic heterocycles. The third kappa shape index (κ3) is 2.97. The third-order valence-electron chi connectivity index (χ3n) is 6.01. The zero-order chi connectivity index (χ0) is 19.1. The van der Waals surface area contributed by atoms with Crippen LogP contribution in [-0.4, -0.2) is 41.4 Å². The lowest BCUT2D eigenvalue weighted by atomic mass is 9.83. The standard InChI is InChI=1S/C22H23FN2O3/c23-17-8-4-7-16-14-27-22(19(16)17)9-11-25(12-10-22)21-24-20(26)18(28-21)13-15-5-2-1-3-6-15/h1-8,18,20,26H,9-14H2. The van der Waals surface area contributed by atoms with Crippen LogP contribution >= 0.6 is 0 Å². The molecule has 1 spiro atoms. The Labute approximate surface area is 163 Å². The summed E-state index contributed by atoms with van der Waals surface area (Å²) in [5.41, 5.74) is 2.21. The molecule has 0 amide bonds. The maximum Gasteiger partial charge on any atom is 0.290 e. The lowest BCUT2D eigenvalue weighted by molar-refractivity contribution is -0.0745. The summed E-state index contributed by atoms with van der Waals surface area (Å²) in [5.74, 6) is -0.184. The van der Waals surface area contributed by atoms with Gasteiger partial charge in [0, 0.05) is 25.1 Å². The molecule has 2 unspecified atom stereocenters. The number of piperidine rings is 1. The van der Waals surface area contributed by atoms with Crippen molar-refractivity contribution in [2.45, 2.75) is 43.8 Å². The molecule has 0 aromatic heterocycles. The Morgan fingerprint density at radius 2 is 1.89 bits per heavy atom. The van der Waals surface area contributed by atoms with Crippen LogP contribution in [0.15, 0.2) is 53.5 Å². The van der Waals surface area contributed by atoms with Gasteiger partial charge in [-0.25, -0.2) is 4.39 Å². The first kappa shape index (κ1) is 17.6. The van der Waals surface area contributed by atoms with E-state index in [0.717, 1.165) is 11.1 Å². The second-order valence-corrected chi connectivity index (χ2v) is 7.72. The molecule has 146 valence electrons. The van der Waals surface area contributed by atoms with Gasteiger partial charge in [0.05, 0.1) is 6.61 Å². The van der Waals surface area contributed by atoms with E-state index in [1.165, 1.54) is 6.07 Å². The number of aliphatic hydroxyl groups is 1. The molecule has 0 saturated carbocycles. The van der Waals surface area contributed by atoms with Crippen LogP contribution in [0.25, 0.3) is 0 Å². The van der Waals surface area contributed by atoms with Gasteiger partial charge in [0.15, 0.2) is 12.3 Å². The Kier molecular flexibility index (Phi) is 4.33. The minimum atomic E-state index is -0.869. The lowest BCUT2D eigenvalue weighted by Gasteiger charge is -2.39. The largest absolute Gasteiger partial charge is 0.457 e. The van der Waals surface area contributed by atoms with Crippen molar-refractivity contribution in [2.24, 2.45) is 4.99 Å². The molecule has 0 bridgehead atoms. The predicted molar refractivity (Wildman–Crippen MR) is 102 cm³/mol. The van der Waals surface area contributed by atoms with Gasteiger partial charge in [-0.3, -0.25) is 0 Å². The first-order valence-electron chi connectivity index (χ1n) is 9.78. The quantitative estimate of drug-likeness (QED) is 0.868. The summed E-state index contributed by atoms with van der Waals surface area (Å²) in [6.07, 6.45) is 0.696. The molecule has 2 aromatic carbocycles. The van der Waals surface area contributed by atoms with Crippen LogP contribution in [0.4, 0.5) is 4.39 Å². The molecular formula is C22H23FN2O3. The molecule has 1 fully saturated rings. The summed E-state index contributed by atoms with van der Waals surface area (Å²) >= 11 is 0. The topological polar surface area (TPSA) is 54.3 Å². The number of hydrogen-bond acceptors (Lipinski definition) is 5. The van der Waals surface area contributed by atoms with Crippen molar-refractivity contribution in [1.29, 1.82) is 0 Å². The van der Waals surface area contributed by atoms with Crippen molar-refractivity contribution in [1.82, 2.24) is 4.90 Å². The zero-order valence-electron chi connectivity index (χ0n) is 15.6. The minimum absolute atomic E-state index is 0.184. The van der Waals surface area contributed by atoms with Crippen molar-refractivity contribution >= 4 is 6.02 Å². The van der Waals surface area contributed by atoms with Crippen molar-refractivity contribution < 1.29 is 19.0 Å². The molecule has 3 aliphatic rings. The van der Waals surface area contributed by atoms with Gasteiger partial charge in [-0.1, -0.05) is 42.5 Å². The van der Waals surface area contributed by atoms with E-state index < -0.39 is 11.8 Å². The van der Waals surface area contributed by atoms with Gasteiger partial charge in [-0.15, -0.1) is 0 Å². The van der Waals surface area contributed by atoms with Crippen molar-refractivity contribution in [3.8, 4) is 0 Å². The summed E-state index contributed by atoms with van der Waals surface area (Å²) < 4.78 is 26.5. The van der Waals surface area contributed by atoms with Gasteiger partial charge in [0.1, 0.15) is 11.4 Å². The first-order valence-corrected chi connectivity index (χ1v) is 9.78. The highest BCUT2D eigenvalue weighted by atomic mass is 19.1. The van der Waals surface area contributed by atoms with Crippen LogP contribution in [0.3, 0.4) is 0 Å². The Bertz CT molecular complexity index is 894. The Balaban J connectivity index is 1.26. The second kappa shape index (κ2) is 6.87. The highest BCUT2D eigenvalue weighted by molar-refractivity contribution is 5.76. The average molecular weight is 382 g/mol. The number of nitrogens with zero attached hydrogens (tertiary/aromatic N) is 2. The molecule has 0 radical (unpaired) electrons. The SMILES string of the molecule is OC1N=C(N2CCC3(CC2)OCc2cccc(F)c23)OC1Cc1ccccc1. The maximum atomic E-state index is 14.5. The smallest absolute Gasteiger partial charge is 0.290 e. The molecule has 2 aromatic rings. The molecule has 5 nitrogen and oxygen atoms in total. The fraction of sp³-hybridized carbons (Fsp3) is 0.409. The Morgan fingerprint density at radius 1 is 1.11 bits per heavy atom. The summed E-state index contributed by atoms with van der Waals surface area (Å²) in [4.78, 5) is 6.36. The van der Waals surface area contributed by atoms with E-state index in [9.17, 15) is 9.50 Å². The van der Waals surface area contributed by atoms with E-state index in [1.807, 2.05) is 41.3 Å². The maximum absolute atomic E-state index is 14.5. The van der Waals surface area contributed by atoms with Crippen molar-refractivity contribution in [3.05, 3.63) is 71.0 Å². The number of ether oxygens (including phenoxy) is 2. The molecule has 1 N–H and O–H groups in total. The molecule has 28 heavy (non-hydrogen) atoms. The van der Waals surface area contributed by atoms with Crippen LogP contribution in [0.2, 0.25) is 0 Å². The van der Waals surface area contributed by atoms with Crippen LogP contribution in [0, 0.1) is 5.82 Å². The number of halogens is 1. The molecule has 0 aliphatic carbocycles. The van der Waals surface area contributed by atoms with E-state index in [0.29, 0.717) is 50.5 Å². The van der Waals surface area contributed by atoms with Crippen LogP contribution in [0.1, 0.15) is 29.5 Å². The molecule has 2 atom stereocenters. The molecule has 3 heterocycles. The normalized spacial score (nSPS) is 25.5. The van der Waals surface area contributed by atoms with E-state index in [-0.39, 0.29) is 11.9 Å². The van der Waals surface area contributed by atoms with Crippen LogP contribution in [0.5, 0.6) is 0 Å². The number of fused-ring (bicyclic) bond motifs is 2. The summed E-state index contributed by atoms with van der Waals surface area (Å²) in [7, 11) is 0. The van der Waals surface area contributed by atoms with Crippen LogP contribution in [-0.2, 0) is 28.1 Å². The minimum Gasteiger partial charge on any atom is -0.457 e. The predicted octanol–water partition coefficient (Wildman–Crippen LogP) is 2.96. The highest BCUT2D eigenvalue weighted by Crippen LogP contribution is 2.45. The highest BCUT2D eigenvalue weighted by Gasteiger charge is 2.46. The number of hydrogen-bond donors (Lipinski definition) is 1. The van der Waals surface area contributed by atoms with Gasteiger partial charge in [0.2, 0.25) is 0 Å². The molecule has 5 rings (SSSR count). The Hall–Kier alpha value is -2.44. The first-order chi connectivity index (χ1) is 13.6.